The number of methoxy groups -OCH3 is 1. The van der Waals surface area contributed by atoms with Crippen LogP contribution in [0.5, 0.6) is 0 Å². The summed E-state index contributed by atoms with van der Waals surface area (Å²) in [5, 5.41) is 13.5. The molecule has 4 atom stereocenters. The first kappa shape index (κ1) is 14.3. The number of aliphatic hydroxyl groups excluding tert-OH is 1. The molecule has 1 unspecified atom stereocenters. The van der Waals surface area contributed by atoms with Crippen molar-refractivity contribution in [2.24, 2.45) is 0 Å². The van der Waals surface area contributed by atoms with E-state index in [2.05, 4.69) is 5.32 Å². The highest BCUT2D eigenvalue weighted by Gasteiger charge is 2.49. The number of fused-ring (bicyclic) bond motifs is 3. The average Bonchev–Trinajstić information content (AvgIpc) is 3.03. The third kappa shape index (κ3) is 2.29. The highest BCUT2D eigenvalue weighted by atomic mass is 16.6. The minimum atomic E-state index is -1.03. The Morgan fingerprint density at radius 3 is 3.00 bits per heavy atom. The lowest BCUT2D eigenvalue weighted by Gasteiger charge is -2.31. The van der Waals surface area contributed by atoms with Crippen LogP contribution >= 0.6 is 0 Å². The molecule has 0 saturated carbocycles. The number of carbonyl (C=O) groups excluding carboxylic acids is 1. The number of ether oxygens (including phenoxy) is 2. The van der Waals surface area contributed by atoms with E-state index < -0.39 is 6.41 Å². The number of hydrogen-bond acceptors (Lipinski definition) is 6. The number of anilines is 1. The zero-order chi connectivity index (χ0) is 15.0. The van der Waals surface area contributed by atoms with Gasteiger partial charge in [-0.1, -0.05) is 18.2 Å². The van der Waals surface area contributed by atoms with Crippen LogP contribution in [-0.4, -0.2) is 43.4 Å². The van der Waals surface area contributed by atoms with E-state index in [1.807, 2.05) is 31.2 Å². The fourth-order valence-electron chi connectivity index (χ4n) is 3.32. The van der Waals surface area contributed by atoms with Gasteiger partial charge in [0.15, 0.2) is 0 Å². The molecule has 0 spiro atoms. The normalized spacial score (nSPS) is 28.1. The molecular weight excluding hydrogens is 272 g/mol. The number of benzene rings is 1. The van der Waals surface area contributed by atoms with E-state index in [4.69, 9.17) is 9.47 Å². The maximum atomic E-state index is 11.8. The summed E-state index contributed by atoms with van der Waals surface area (Å²) < 4.78 is 10.2. The summed E-state index contributed by atoms with van der Waals surface area (Å²) in [6.45, 7) is 2.25. The number of nitrogens with zero attached hydrogens (tertiary/aromatic N) is 1. The lowest BCUT2D eigenvalue weighted by Crippen LogP contribution is -2.51. The number of nitrogens with one attached hydrogen (secondary N) is 1. The van der Waals surface area contributed by atoms with Crippen molar-refractivity contribution >= 4 is 11.7 Å². The molecule has 21 heavy (non-hydrogen) atoms. The highest BCUT2D eigenvalue weighted by Crippen LogP contribution is 2.46. The zero-order valence-electron chi connectivity index (χ0n) is 12.2. The van der Waals surface area contributed by atoms with Gasteiger partial charge in [0.25, 0.3) is 0 Å². The first-order valence-corrected chi connectivity index (χ1v) is 7.18. The van der Waals surface area contributed by atoms with Gasteiger partial charge in [0.2, 0.25) is 6.41 Å². The fourth-order valence-corrected chi connectivity index (χ4v) is 3.32. The molecule has 1 aromatic rings. The minimum Gasteiger partial charge on any atom is -0.468 e. The van der Waals surface area contributed by atoms with E-state index in [0.29, 0.717) is 13.0 Å². The van der Waals surface area contributed by atoms with Crippen LogP contribution < -0.4 is 10.2 Å². The Kier molecular flexibility index (Phi) is 3.84. The summed E-state index contributed by atoms with van der Waals surface area (Å²) in [6.07, 6.45) is -0.535. The molecular formula is C15H20N2O4. The van der Waals surface area contributed by atoms with Crippen molar-refractivity contribution in [2.75, 3.05) is 18.6 Å². The Balaban J connectivity index is 1.92. The maximum absolute atomic E-state index is 11.8. The summed E-state index contributed by atoms with van der Waals surface area (Å²) in [7, 11) is 1.39. The van der Waals surface area contributed by atoms with Gasteiger partial charge in [-0.05, 0) is 25.0 Å². The molecule has 2 aliphatic rings. The Bertz CT molecular complexity index is 536. The standard InChI is InChI=1S/C15H20N2O4/c1-3-21-15(19)17-12-7-5-4-6-9(12)10-8-11(14(18)20-2)16-13(10)17/h4-7,10-11,13,15-16,19H,3,8H2,1-2H3/t10-,11+,13+,15?/m1/s1. The number of esters is 1. The van der Waals surface area contributed by atoms with Crippen molar-refractivity contribution in [3.63, 3.8) is 0 Å². The van der Waals surface area contributed by atoms with Gasteiger partial charge < -0.3 is 19.5 Å². The molecule has 0 aliphatic carbocycles. The van der Waals surface area contributed by atoms with Gasteiger partial charge in [-0.2, -0.15) is 0 Å². The first-order valence-electron chi connectivity index (χ1n) is 7.18. The number of hydrogen-bond donors (Lipinski definition) is 2. The SMILES string of the molecule is CCOC(O)N1c2ccccc2[C@H]2C[C@@H](C(=O)OC)N[C@H]21. The Morgan fingerprint density at radius 2 is 2.29 bits per heavy atom. The molecule has 6 heteroatoms. The second kappa shape index (κ2) is 5.63. The first-order chi connectivity index (χ1) is 10.2. The van der Waals surface area contributed by atoms with Crippen LogP contribution in [0.2, 0.25) is 0 Å². The van der Waals surface area contributed by atoms with Crippen molar-refractivity contribution in [2.45, 2.75) is 37.9 Å². The van der Waals surface area contributed by atoms with E-state index in [9.17, 15) is 9.90 Å². The predicted octanol–water partition coefficient (Wildman–Crippen LogP) is 0.764. The molecule has 2 N–H and O–H groups in total. The zero-order valence-corrected chi connectivity index (χ0v) is 12.2. The lowest BCUT2D eigenvalue weighted by molar-refractivity contribution is -0.143. The van der Waals surface area contributed by atoms with Gasteiger partial charge in [0.1, 0.15) is 6.04 Å². The van der Waals surface area contributed by atoms with Crippen LogP contribution in [0.1, 0.15) is 24.8 Å². The van der Waals surface area contributed by atoms with E-state index in [0.717, 1.165) is 11.3 Å². The van der Waals surface area contributed by atoms with Gasteiger partial charge in [-0.25, -0.2) is 0 Å². The van der Waals surface area contributed by atoms with E-state index in [1.165, 1.54) is 7.11 Å². The molecule has 2 aliphatic heterocycles. The number of aliphatic hydroxyl groups is 1. The summed E-state index contributed by atoms with van der Waals surface area (Å²) in [5.74, 6) is -0.131. The Morgan fingerprint density at radius 1 is 1.52 bits per heavy atom. The summed E-state index contributed by atoms with van der Waals surface area (Å²) >= 11 is 0. The van der Waals surface area contributed by atoms with Gasteiger partial charge in [-0.3, -0.25) is 10.1 Å². The molecule has 0 aromatic heterocycles. The Labute approximate surface area is 123 Å². The molecule has 1 saturated heterocycles. The quantitative estimate of drug-likeness (QED) is 0.631. The maximum Gasteiger partial charge on any atom is 0.322 e. The number of rotatable bonds is 4. The van der Waals surface area contributed by atoms with E-state index >= 15 is 0 Å². The second-order valence-electron chi connectivity index (χ2n) is 5.28. The van der Waals surface area contributed by atoms with Gasteiger partial charge in [-0.15, -0.1) is 0 Å². The lowest BCUT2D eigenvalue weighted by atomic mass is 9.96. The summed E-state index contributed by atoms with van der Waals surface area (Å²) in [4.78, 5) is 13.6. The van der Waals surface area contributed by atoms with Crippen LogP contribution in [0.25, 0.3) is 0 Å². The van der Waals surface area contributed by atoms with E-state index in [-0.39, 0.29) is 24.1 Å². The Hall–Kier alpha value is -1.63. The molecule has 2 heterocycles. The van der Waals surface area contributed by atoms with Crippen molar-refractivity contribution in [1.29, 1.82) is 0 Å². The van der Waals surface area contributed by atoms with E-state index in [1.54, 1.807) is 4.90 Å². The van der Waals surface area contributed by atoms with Gasteiger partial charge >= 0.3 is 5.97 Å². The number of para-hydroxylation sites is 1. The van der Waals surface area contributed by atoms with Gasteiger partial charge in [0.05, 0.1) is 13.3 Å². The predicted molar refractivity (Wildman–Crippen MR) is 76.6 cm³/mol. The molecule has 1 fully saturated rings. The molecule has 3 rings (SSSR count). The van der Waals surface area contributed by atoms with Crippen molar-refractivity contribution in [1.82, 2.24) is 5.32 Å². The molecule has 114 valence electrons. The third-order valence-corrected chi connectivity index (χ3v) is 4.20. The van der Waals surface area contributed by atoms with Crippen molar-refractivity contribution < 1.29 is 19.4 Å². The molecule has 6 nitrogen and oxygen atoms in total. The van der Waals surface area contributed by atoms with Crippen LogP contribution in [0.4, 0.5) is 5.69 Å². The molecule has 0 radical (unpaired) electrons. The highest BCUT2D eigenvalue weighted by molar-refractivity contribution is 5.77. The average molecular weight is 292 g/mol. The van der Waals surface area contributed by atoms with Gasteiger partial charge in [0, 0.05) is 18.2 Å². The van der Waals surface area contributed by atoms with Crippen LogP contribution in [0.3, 0.4) is 0 Å². The molecule has 0 bridgehead atoms. The topological polar surface area (TPSA) is 71.0 Å². The third-order valence-electron chi connectivity index (χ3n) is 4.20. The van der Waals surface area contributed by atoms with Crippen molar-refractivity contribution in [3.05, 3.63) is 29.8 Å². The molecule has 1 aromatic carbocycles. The van der Waals surface area contributed by atoms with Crippen LogP contribution in [-0.2, 0) is 14.3 Å². The monoisotopic (exact) mass is 292 g/mol. The summed E-state index contributed by atoms with van der Waals surface area (Å²) in [6, 6.07) is 7.55. The smallest absolute Gasteiger partial charge is 0.322 e. The fraction of sp³-hybridized carbons (Fsp3) is 0.533. The van der Waals surface area contributed by atoms with Crippen LogP contribution in [0, 0.1) is 0 Å². The van der Waals surface area contributed by atoms with Crippen LogP contribution in [0.15, 0.2) is 24.3 Å². The second-order valence-corrected chi connectivity index (χ2v) is 5.28. The van der Waals surface area contributed by atoms with Crippen molar-refractivity contribution in [3.8, 4) is 0 Å². The molecule has 0 amide bonds. The largest absolute Gasteiger partial charge is 0.468 e. The number of carbonyl (C=O) groups is 1. The minimum absolute atomic E-state index is 0.139. The summed E-state index contributed by atoms with van der Waals surface area (Å²) in [5.41, 5.74) is 2.07.